The first kappa shape index (κ1) is 19.8. The second kappa shape index (κ2) is 7.40. The van der Waals surface area contributed by atoms with Gasteiger partial charge in [-0.3, -0.25) is 14.6 Å². The third-order valence-electron chi connectivity index (χ3n) is 5.06. The van der Waals surface area contributed by atoms with E-state index in [9.17, 15) is 14.4 Å². The molecule has 3 aromatic heterocycles. The molecule has 0 aromatic carbocycles. The van der Waals surface area contributed by atoms with E-state index in [1.165, 1.54) is 16.8 Å². The summed E-state index contributed by atoms with van der Waals surface area (Å²) in [5, 5.41) is 7.37. The minimum Gasteiger partial charge on any atom is -0.430 e. The molecular weight excluding hydrogens is 386 g/mol. The van der Waals surface area contributed by atoms with Crippen molar-refractivity contribution in [1.82, 2.24) is 19.7 Å². The van der Waals surface area contributed by atoms with E-state index in [1.807, 2.05) is 20.8 Å². The van der Waals surface area contributed by atoms with Gasteiger partial charge in [-0.1, -0.05) is 20.8 Å². The monoisotopic (exact) mass is 409 g/mol. The maximum absolute atomic E-state index is 12.7. The maximum Gasteiger partial charge on any atom is 0.335 e. The number of aromatic amines is 1. The van der Waals surface area contributed by atoms with E-state index < -0.39 is 11.5 Å². The topological polar surface area (TPSA) is 123 Å². The zero-order chi connectivity index (χ0) is 21.5. The molecule has 0 saturated heterocycles. The summed E-state index contributed by atoms with van der Waals surface area (Å²) in [4.78, 5) is 43.8. The van der Waals surface area contributed by atoms with Crippen molar-refractivity contribution in [2.45, 2.75) is 51.9 Å². The van der Waals surface area contributed by atoms with Crippen LogP contribution in [0.4, 0.5) is 5.82 Å². The highest BCUT2D eigenvalue weighted by Crippen LogP contribution is 2.26. The first-order valence-electron chi connectivity index (χ1n) is 9.85. The Labute approximate surface area is 172 Å². The average Bonchev–Trinajstić information content (AvgIpc) is 3.13. The van der Waals surface area contributed by atoms with Crippen LogP contribution >= 0.6 is 0 Å². The Morgan fingerprint density at radius 1 is 1.20 bits per heavy atom. The van der Waals surface area contributed by atoms with Crippen molar-refractivity contribution in [1.29, 1.82) is 0 Å². The Morgan fingerprint density at radius 3 is 2.67 bits per heavy atom. The van der Waals surface area contributed by atoms with Crippen LogP contribution in [0, 0.1) is 0 Å². The molecule has 0 fully saturated rings. The van der Waals surface area contributed by atoms with Gasteiger partial charge in [-0.15, -0.1) is 0 Å². The number of aryl methyl sites for hydroxylation is 1. The zero-order valence-electron chi connectivity index (χ0n) is 17.1. The van der Waals surface area contributed by atoms with Crippen molar-refractivity contribution < 1.29 is 9.21 Å². The number of nitrogens with one attached hydrogen (secondary N) is 2. The van der Waals surface area contributed by atoms with E-state index in [-0.39, 0.29) is 22.5 Å². The fraction of sp³-hybridized carbons (Fsp3) is 0.381. The molecule has 2 N–H and O–H groups in total. The maximum atomic E-state index is 12.7. The van der Waals surface area contributed by atoms with Gasteiger partial charge < -0.3 is 9.73 Å². The molecule has 1 aliphatic rings. The van der Waals surface area contributed by atoms with Crippen LogP contribution < -0.4 is 16.5 Å². The summed E-state index contributed by atoms with van der Waals surface area (Å²) in [5.74, 6) is 0.141. The summed E-state index contributed by atoms with van der Waals surface area (Å²) in [7, 11) is 0. The molecule has 0 aliphatic heterocycles. The molecule has 0 saturated carbocycles. The number of anilines is 1. The molecule has 0 unspecified atom stereocenters. The smallest absolute Gasteiger partial charge is 0.335 e. The van der Waals surface area contributed by atoms with Gasteiger partial charge in [-0.25, -0.2) is 9.78 Å². The number of amides is 1. The number of carbonyl (C=O) groups is 1. The summed E-state index contributed by atoms with van der Waals surface area (Å²) < 4.78 is 6.21. The SMILES string of the molecule is CC(C)(C)c1cc(NC(=O)c2ccc(=O)oc2)n(-c2nc3c(c(=O)[nH]2)CCCC3)n1. The van der Waals surface area contributed by atoms with Gasteiger partial charge in [0.2, 0.25) is 5.95 Å². The lowest BCUT2D eigenvalue weighted by atomic mass is 9.92. The highest BCUT2D eigenvalue weighted by molar-refractivity contribution is 6.03. The van der Waals surface area contributed by atoms with Crippen LogP contribution in [0.2, 0.25) is 0 Å². The second-order valence-corrected chi connectivity index (χ2v) is 8.40. The number of hydrogen-bond donors (Lipinski definition) is 2. The second-order valence-electron chi connectivity index (χ2n) is 8.40. The Hall–Kier alpha value is -3.49. The van der Waals surface area contributed by atoms with E-state index in [4.69, 9.17) is 4.42 Å². The lowest BCUT2D eigenvalue weighted by Gasteiger charge is -2.16. The minimum absolute atomic E-state index is 0.176. The lowest BCUT2D eigenvalue weighted by molar-refractivity contribution is 0.102. The molecule has 0 bridgehead atoms. The van der Waals surface area contributed by atoms with Crippen molar-refractivity contribution >= 4 is 11.7 Å². The molecule has 0 spiro atoms. The number of nitrogens with zero attached hydrogens (tertiary/aromatic N) is 3. The molecule has 3 aromatic rings. The predicted molar refractivity (Wildman–Crippen MR) is 110 cm³/mol. The van der Waals surface area contributed by atoms with Gasteiger partial charge in [0.15, 0.2) is 0 Å². The van der Waals surface area contributed by atoms with Crippen LogP contribution in [-0.4, -0.2) is 25.7 Å². The van der Waals surface area contributed by atoms with Crippen molar-refractivity contribution in [3.8, 4) is 5.95 Å². The molecule has 3 heterocycles. The fourth-order valence-electron chi connectivity index (χ4n) is 3.36. The van der Waals surface area contributed by atoms with Gasteiger partial charge >= 0.3 is 5.63 Å². The Bertz CT molecular complexity index is 1210. The summed E-state index contributed by atoms with van der Waals surface area (Å²) >= 11 is 0. The minimum atomic E-state index is -0.539. The van der Waals surface area contributed by atoms with Gasteiger partial charge in [0.25, 0.3) is 11.5 Å². The molecule has 0 radical (unpaired) electrons. The fourth-order valence-corrected chi connectivity index (χ4v) is 3.36. The summed E-state index contributed by atoms with van der Waals surface area (Å²) in [6, 6.07) is 4.30. The first-order chi connectivity index (χ1) is 14.2. The van der Waals surface area contributed by atoms with E-state index >= 15 is 0 Å². The van der Waals surface area contributed by atoms with Gasteiger partial charge in [0, 0.05) is 23.1 Å². The van der Waals surface area contributed by atoms with Crippen LogP contribution in [0.25, 0.3) is 5.95 Å². The molecule has 0 atom stereocenters. The molecule has 9 nitrogen and oxygen atoms in total. The van der Waals surface area contributed by atoms with Gasteiger partial charge in [0.05, 0.1) is 17.0 Å². The van der Waals surface area contributed by atoms with Crippen LogP contribution in [0.3, 0.4) is 0 Å². The highest BCUT2D eigenvalue weighted by atomic mass is 16.4. The first-order valence-corrected chi connectivity index (χ1v) is 9.85. The summed E-state index contributed by atoms with van der Waals surface area (Å²) in [5.41, 5.74) is 1.39. The molecule has 4 rings (SSSR count). The lowest BCUT2D eigenvalue weighted by Crippen LogP contribution is -2.25. The van der Waals surface area contributed by atoms with Crippen molar-refractivity contribution in [2.24, 2.45) is 0 Å². The molecule has 9 heteroatoms. The summed E-state index contributed by atoms with van der Waals surface area (Å²) in [6.45, 7) is 6.00. The largest absolute Gasteiger partial charge is 0.430 e. The number of hydrogen-bond acceptors (Lipinski definition) is 6. The Balaban J connectivity index is 1.78. The van der Waals surface area contributed by atoms with Crippen LogP contribution in [-0.2, 0) is 18.3 Å². The molecular formula is C21H23N5O4. The molecule has 1 amide bonds. The number of rotatable bonds is 3. The predicted octanol–water partition coefficient (Wildman–Crippen LogP) is 2.34. The third-order valence-corrected chi connectivity index (χ3v) is 5.06. The van der Waals surface area contributed by atoms with E-state index in [0.29, 0.717) is 12.2 Å². The van der Waals surface area contributed by atoms with Crippen LogP contribution in [0.15, 0.2) is 38.5 Å². The van der Waals surface area contributed by atoms with E-state index in [1.54, 1.807) is 6.07 Å². The average molecular weight is 409 g/mol. The Morgan fingerprint density at radius 2 is 1.97 bits per heavy atom. The summed E-state index contributed by atoms with van der Waals surface area (Å²) in [6.07, 6.45) is 4.51. The molecule has 1 aliphatic carbocycles. The zero-order valence-corrected chi connectivity index (χ0v) is 17.1. The van der Waals surface area contributed by atoms with Gasteiger partial charge in [-0.05, 0) is 31.7 Å². The number of aromatic nitrogens is 4. The Kier molecular flexibility index (Phi) is 4.89. The molecule has 30 heavy (non-hydrogen) atoms. The normalized spacial score (nSPS) is 13.7. The van der Waals surface area contributed by atoms with Crippen molar-refractivity contribution in [2.75, 3.05) is 5.32 Å². The molecule has 156 valence electrons. The van der Waals surface area contributed by atoms with Gasteiger partial charge in [-0.2, -0.15) is 9.78 Å². The van der Waals surface area contributed by atoms with Crippen LogP contribution in [0.5, 0.6) is 0 Å². The van der Waals surface area contributed by atoms with E-state index in [2.05, 4.69) is 20.4 Å². The third kappa shape index (κ3) is 3.83. The van der Waals surface area contributed by atoms with Crippen molar-refractivity contribution in [3.05, 3.63) is 67.8 Å². The number of H-pyrrole nitrogens is 1. The quantitative estimate of drug-likeness (QED) is 0.684. The van der Waals surface area contributed by atoms with E-state index in [0.717, 1.165) is 42.5 Å². The number of carbonyl (C=O) groups excluding carboxylic acids is 1. The highest BCUT2D eigenvalue weighted by Gasteiger charge is 2.24. The van der Waals surface area contributed by atoms with Crippen LogP contribution in [0.1, 0.15) is 60.9 Å². The standard InChI is InChI=1S/C21H23N5O4/c1-21(2,3)15-10-16(23-18(28)12-8-9-17(27)30-11-12)26(25-15)20-22-14-7-5-4-6-13(14)19(29)24-20/h8-11H,4-7H2,1-3H3,(H,23,28)(H,22,24,29). The van der Waals surface area contributed by atoms with Crippen molar-refractivity contribution in [3.63, 3.8) is 0 Å². The van der Waals surface area contributed by atoms with Gasteiger partial charge in [0.1, 0.15) is 12.1 Å². The number of fused-ring (bicyclic) bond motifs is 1.